The van der Waals surface area contributed by atoms with Crippen molar-refractivity contribution in [1.29, 1.82) is 0 Å². The summed E-state index contributed by atoms with van der Waals surface area (Å²) in [5.74, 6) is 2.11. The van der Waals surface area contributed by atoms with Crippen LogP contribution in [0.3, 0.4) is 0 Å². The van der Waals surface area contributed by atoms with E-state index in [1.165, 1.54) is 0 Å². The van der Waals surface area contributed by atoms with Crippen molar-refractivity contribution in [2.75, 3.05) is 0 Å². The summed E-state index contributed by atoms with van der Waals surface area (Å²) in [4.78, 5) is 13.3. The van der Waals surface area contributed by atoms with E-state index in [0.29, 0.717) is 23.5 Å². The van der Waals surface area contributed by atoms with Crippen molar-refractivity contribution >= 4 is 28.4 Å². The van der Waals surface area contributed by atoms with Gasteiger partial charge in [0.15, 0.2) is 5.16 Å². The zero-order chi connectivity index (χ0) is 22.8. The fourth-order valence-corrected chi connectivity index (χ4v) is 4.75. The molecule has 0 aliphatic carbocycles. The van der Waals surface area contributed by atoms with Gasteiger partial charge in [-0.2, -0.15) is 0 Å². The summed E-state index contributed by atoms with van der Waals surface area (Å²) in [5.41, 5.74) is 2.92. The van der Waals surface area contributed by atoms with Crippen molar-refractivity contribution < 1.29 is 4.74 Å². The number of thioether (sulfide) groups is 1. The van der Waals surface area contributed by atoms with Gasteiger partial charge in [0, 0.05) is 5.75 Å². The highest BCUT2D eigenvalue weighted by molar-refractivity contribution is 7.98. The van der Waals surface area contributed by atoms with Crippen molar-refractivity contribution in [1.82, 2.24) is 19.2 Å². The molecule has 6 nitrogen and oxygen atoms in total. The number of fused-ring (bicyclic) bond motifs is 3. The fraction of sp³-hybridized carbons (Fsp3) is 0.192. The Morgan fingerprint density at radius 2 is 1.67 bits per heavy atom. The monoisotopic (exact) mass is 456 g/mol. The zero-order valence-corrected chi connectivity index (χ0v) is 19.3. The quantitative estimate of drug-likeness (QED) is 0.316. The van der Waals surface area contributed by atoms with Crippen LogP contribution in [0.5, 0.6) is 5.75 Å². The molecule has 0 fully saturated rings. The van der Waals surface area contributed by atoms with Crippen molar-refractivity contribution in [2.45, 2.75) is 37.4 Å². The van der Waals surface area contributed by atoms with Crippen LogP contribution in [-0.2, 0) is 12.3 Å². The minimum atomic E-state index is -0.0653. The van der Waals surface area contributed by atoms with E-state index in [4.69, 9.17) is 4.74 Å². The molecule has 0 aliphatic heterocycles. The summed E-state index contributed by atoms with van der Waals surface area (Å²) >= 11 is 1.59. The Morgan fingerprint density at radius 3 is 2.48 bits per heavy atom. The van der Waals surface area contributed by atoms with Gasteiger partial charge in [-0.25, -0.2) is 0 Å². The van der Waals surface area contributed by atoms with Crippen LogP contribution in [0.2, 0.25) is 0 Å². The normalized spacial score (nSPS) is 11.5. The molecule has 0 radical (unpaired) electrons. The first kappa shape index (κ1) is 21.3. The molecule has 0 spiro atoms. The number of rotatable bonds is 7. The molecule has 0 saturated carbocycles. The Hall–Kier alpha value is -3.58. The topological polar surface area (TPSA) is 61.4 Å². The van der Waals surface area contributed by atoms with Crippen molar-refractivity contribution in [3.05, 3.63) is 100 Å². The molecule has 2 heterocycles. The molecule has 0 bridgehead atoms. The molecular weight excluding hydrogens is 432 g/mol. The van der Waals surface area contributed by atoms with Gasteiger partial charge in [-0.1, -0.05) is 66.4 Å². The van der Waals surface area contributed by atoms with E-state index in [-0.39, 0.29) is 11.7 Å². The molecule has 5 aromatic rings. The second-order valence-corrected chi connectivity index (χ2v) is 9.06. The van der Waals surface area contributed by atoms with Gasteiger partial charge in [0.25, 0.3) is 5.56 Å². The van der Waals surface area contributed by atoms with E-state index >= 15 is 0 Å². The van der Waals surface area contributed by atoms with Gasteiger partial charge in [-0.05, 0) is 49.2 Å². The largest absolute Gasteiger partial charge is 0.491 e. The Morgan fingerprint density at radius 1 is 0.909 bits per heavy atom. The molecule has 0 unspecified atom stereocenters. The molecule has 5 rings (SSSR count). The number of benzene rings is 3. The van der Waals surface area contributed by atoms with E-state index in [1.54, 1.807) is 16.3 Å². The third-order valence-corrected chi connectivity index (χ3v) is 6.30. The van der Waals surface area contributed by atoms with Crippen LogP contribution < -0.4 is 10.3 Å². The summed E-state index contributed by atoms with van der Waals surface area (Å²) in [6, 6.07) is 25.7. The molecule has 0 saturated heterocycles. The molecule has 33 heavy (non-hydrogen) atoms. The van der Waals surface area contributed by atoms with Gasteiger partial charge >= 0.3 is 0 Å². The fourth-order valence-electron chi connectivity index (χ4n) is 3.86. The van der Waals surface area contributed by atoms with E-state index in [9.17, 15) is 4.79 Å². The van der Waals surface area contributed by atoms with Crippen LogP contribution in [0.1, 0.15) is 25.0 Å². The second-order valence-electron chi connectivity index (χ2n) is 8.11. The van der Waals surface area contributed by atoms with Crippen LogP contribution in [0.25, 0.3) is 16.7 Å². The molecule has 7 heteroatoms. The first-order valence-corrected chi connectivity index (χ1v) is 11.9. The second kappa shape index (κ2) is 9.11. The first-order chi connectivity index (χ1) is 16.1. The standard InChI is InChI=1S/C26H24N4O2S/c1-18(2)32-21-12-8-11-20(15-21)17-33-26-28-27-25-29(16-19-9-4-3-5-10-19)24(31)22-13-6-7-14-23(22)30(25)26/h3-15,18H,16-17H2,1-2H3. The minimum Gasteiger partial charge on any atom is -0.491 e. The number of hydrogen-bond donors (Lipinski definition) is 0. The molecule has 2 aromatic heterocycles. The van der Waals surface area contributed by atoms with Crippen molar-refractivity contribution in [3.8, 4) is 5.75 Å². The third-order valence-electron chi connectivity index (χ3n) is 5.30. The predicted octanol–water partition coefficient (Wildman–Crippen LogP) is 5.17. The lowest BCUT2D eigenvalue weighted by Crippen LogP contribution is -2.24. The van der Waals surface area contributed by atoms with Gasteiger partial charge in [0.1, 0.15) is 5.75 Å². The average molecular weight is 457 g/mol. The van der Waals surface area contributed by atoms with Crippen LogP contribution >= 0.6 is 11.8 Å². The number of aromatic nitrogens is 4. The number of hydrogen-bond acceptors (Lipinski definition) is 5. The molecule has 0 atom stereocenters. The number of nitrogens with zero attached hydrogens (tertiary/aromatic N) is 4. The summed E-state index contributed by atoms with van der Waals surface area (Å²) < 4.78 is 9.51. The maximum atomic E-state index is 13.3. The van der Waals surface area contributed by atoms with Gasteiger partial charge in [-0.15, -0.1) is 10.2 Å². The van der Waals surface area contributed by atoms with Crippen LogP contribution in [0.15, 0.2) is 88.8 Å². The van der Waals surface area contributed by atoms with E-state index < -0.39 is 0 Å². The highest BCUT2D eigenvalue weighted by atomic mass is 32.2. The first-order valence-electron chi connectivity index (χ1n) is 10.9. The van der Waals surface area contributed by atoms with Crippen molar-refractivity contribution in [2.24, 2.45) is 0 Å². The summed E-state index contributed by atoms with van der Waals surface area (Å²) in [5, 5.41) is 10.3. The lowest BCUT2D eigenvalue weighted by Gasteiger charge is -2.12. The van der Waals surface area contributed by atoms with Crippen molar-refractivity contribution in [3.63, 3.8) is 0 Å². The Balaban J connectivity index is 1.55. The third kappa shape index (κ3) is 4.36. The van der Waals surface area contributed by atoms with Gasteiger partial charge < -0.3 is 4.74 Å². The molecule has 0 N–H and O–H groups in total. The highest BCUT2D eigenvalue weighted by Crippen LogP contribution is 2.26. The molecule has 166 valence electrons. The Labute approximate surface area is 195 Å². The zero-order valence-electron chi connectivity index (χ0n) is 18.5. The molecule has 0 aliphatic rings. The average Bonchev–Trinajstić information content (AvgIpc) is 3.25. The van der Waals surface area contributed by atoms with E-state index in [1.807, 2.05) is 85.0 Å². The lowest BCUT2D eigenvalue weighted by atomic mass is 10.2. The molecular formula is C26H24N4O2S. The van der Waals surface area contributed by atoms with Gasteiger partial charge in [-0.3, -0.25) is 13.8 Å². The van der Waals surface area contributed by atoms with Crippen LogP contribution in [0, 0.1) is 0 Å². The SMILES string of the molecule is CC(C)Oc1cccc(CSc2nnc3n(Cc4ccccc4)c(=O)c4ccccc4n23)c1. The summed E-state index contributed by atoms with van der Waals surface area (Å²) in [7, 11) is 0. The Kier molecular flexibility index (Phi) is 5.88. The minimum absolute atomic E-state index is 0.0653. The van der Waals surface area contributed by atoms with E-state index in [2.05, 4.69) is 22.3 Å². The summed E-state index contributed by atoms with van der Waals surface area (Å²) in [6.07, 6.45) is 0.126. The number of ether oxygens (including phenoxy) is 1. The van der Waals surface area contributed by atoms with E-state index in [0.717, 1.165) is 27.5 Å². The maximum absolute atomic E-state index is 13.3. The predicted molar refractivity (Wildman–Crippen MR) is 132 cm³/mol. The van der Waals surface area contributed by atoms with Crippen LogP contribution in [0.4, 0.5) is 0 Å². The maximum Gasteiger partial charge on any atom is 0.263 e. The van der Waals surface area contributed by atoms with Crippen LogP contribution in [-0.4, -0.2) is 25.3 Å². The van der Waals surface area contributed by atoms with Gasteiger partial charge in [0.05, 0.1) is 23.6 Å². The summed E-state index contributed by atoms with van der Waals surface area (Å²) in [6.45, 7) is 4.47. The number of para-hydroxylation sites is 1. The molecule has 0 amide bonds. The Bertz CT molecular complexity index is 1470. The smallest absolute Gasteiger partial charge is 0.263 e. The highest BCUT2D eigenvalue weighted by Gasteiger charge is 2.17. The molecule has 3 aromatic carbocycles. The lowest BCUT2D eigenvalue weighted by molar-refractivity contribution is 0.242. The van der Waals surface area contributed by atoms with Gasteiger partial charge in [0.2, 0.25) is 5.78 Å².